The molecule has 7 nitrogen and oxygen atoms in total. The van der Waals surface area contributed by atoms with Gasteiger partial charge in [0, 0.05) is 42.0 Å². The Morgan fingerprint density at radius 3 is 2.52 bits per heavy atom. The van der Waals surface area contributed by atoms with E-state index in [1.807, 2.05) is 0 Å². The molecule has 8 heteroatoms. The van der Waals surface area contributed by atoms with E-state index in [9.17, 15) is 25.5 Å². The molecule has 134 valence electrons. The van der Waals surface area contributed by atoms with Gasteiger partial charge in [0.1, 0.15) is 23.4 Å². The molecular weight excluding hydrogens is 346 g/mol. The summed E-state index contributed by atoms with van der Waals surface area (Å²) in [5.74, 6) is -0.271. The van der Waals surface area contributed by atoms with Gasteiger partial charge in [-0.2, -0.15) is 0 Å². The largest absolute Gasteiger partial charge is 0.508 e. The summed E-state index contributed by atoms with van der Waals surface area (Å²) in [5.41, 5.74) is 6.42. The lowest BCUT2D eigenvalue weighted by Crippen LogP contribution is -2.46. The maximum atomic E-state index is 10.8. The zero-order chi connectivity index (χ0) is 18.2. The molecule has 1 unspecified atom stereocenters. The van der Waals surface area contributed by atoms with Crippen molar-refractivity contribution in [3.63, 3.8) is 0 Å². The van der Waals surface area contributed by atoms with Crippen LogP contribution in [0.3, 0.4) is 0 Å². The number of fused-ring (bicyclic) bond motifs is 1. The van der Waals surface area contributed by atoms with Crippen molar-refractivity contribution in [2.75, 3.05) is 12.3 Å². The zero-order valence-corrected chi connectivity index (χ0v) is 14.0. The number of nitrogens with two attached hydrogens (primary N) is 1. The first kappa shape index (κ1) is 17.5. The van der Waals surface area contributed by atoms with Gasteiger partial charge in [-0.1, -0.05) is 6.07 Å². The number of hydrogen-bond acceptors (Lipinski definition) is 8. The number of hydrogen-bond donors (Lipinski definition) is 6. The number of rotatable bonds is 4. The third-order valence-electron chi connectivity index (χ3n) is 4.08. The van der Waals surface area contributed by atoms with Crippen molar-refractivity contribution in [2.45, 2.75) is 17.5 Å². The van der Waals surface area contributed by atoms with Crippen LogP contribution < -0.4 is 10.5 Å². The molecule has 1 heterocycles. The van der Waals surface area contributed by atoms with E-state index in [4.69, 9.17) is 10.5 Å². The molecule has 2 aromatic rings. The Kier molecular flexibility index (Phi) is 4.59. The van der Waals surface area contributed by atoms with E-state index in [0.29, 0.717) is 23.4 Å². The molecule has 2 atom stereocenters. The van der Waals surface area contributed by atoms with Crippen LogP contribution >= 0.6 is 11.8 Å². The maximum absolute atomic E-state index is 10.8. The van der Waals surface area contributed by atoms with Crippen LogP contribution in [0.5, 0.6) is 28.7 Å². The predicted molar refractivity (Wildman–Crippen MR) is 93.1 cm³/mol. The van der Waals surface area contributed by atoms with E-state index in [0.717, 1.165) is 0 Å². The fourth-order valence-electron chi connectivity index (χ4n) is 2.88. The number of benzene rings is 2. The molecule has 0 aromatic heterocycles. The highest BCUT2D eigenvalue weighted by Crippen LogP contribution is 2.50. The van der Waals surface area contributed by atoms with Gasteiger partial charge in [-0.15, -0.1) is 11.8 Å². The highest BCUT2D eigenvalue weighted by Gasteiger charge is 2.47. The van der Waals surface area contributed by atoms with Crippen LogP contribution in [0.4, 0.5) is 0 Å². The highest BCUT2D eigenvalue weighted by molar-refractivity contribution is 8.00. The average molecular weight is 365 g/mol. The molecule has 1 aliphatic rings. The number of phenolic OH excluding ortho intramolecular Hbond substituents is 4. The van der Waals surface area contributed by atoms with Gasteiger partial charge in [0.2, 0.25) is 4.93 Å². The fraction of sp³-hybridized carbons (Fsp3) is 0.294. The summed E-state index contributed by atoms with van der Waals surface area (Å²) in [6.07, 6.45) is -0.975. The first-order chi connectivity index (χ1) is 11.9. The van der Waals surface area contributed by atoms with Gasteiger partial charge in [-0.3, -0.25) is 0 Å². The van der Waals surface area contributed by atoms with Gasteiger partial charge in [0.15, 0.2) is 11.5 Å². The Balaban J connectivity index is 2.12. The van der Waals surface area contributed by atoms with E-state index in [1.54, 1.807) is 0 Å². The van der Waals surface area contributed by atoms with Crippen LogP contribution in [0.2, 0.25) is 0 Å². The summed E-state index contributed by atoms with van der Waals surface area (Å²) >= 11 is 1.24. The van der Waals surface area contributed by atoms with Gasteiger partial charge in [-0.25, -0.2) is 0 Å². The first-order valence-electron chi connectivity index (χ1n) is 7.66. The number of aliphatic hydroxyl groups is 1. The molecule has 3 rings (SSSR count). The standard InChI is InChI=1S/C17H19NO6S/c18-3-4-25-17(9-1-2-12(20)14(22)5-9)16(23)8-11-13(21)6-10(19)7-15(11)24-17/h1-2,5-7,16,19-23H,3-4,8,18H2/t16-,17?/m1/s1. The van der Waals surface area contributed by atoms with E-state index < -0.39 is 11.0 Å². The topological polar surface area (TPSA) is 136 Å². The van der Waals surface area contributed by atoms with Crippen LogP contribution in [-0.4, -0.2) is 43.9 Å². The maximum Gasteiger partial charge on any atom is 0.206 e. The van der Waals surface area contributed by atoms with Gasteiger partial charge in [0.05, 0.1) is 0 Å². The lowest BCUT2D eigenvalue weighted by Gasteiger charge is -2.42. The molecule has 7 N–H and O–H groups in total. The summed E-state index contributed by atoms with van der Waals surface area (Å²) in [6.45, 7) is 0.338. The van der Waals surface area contributed by atoms with Gasteiger partial charge < -0.3 is 36.0 Å². The second kappa shape index (κ2) is 6.55. The second-order valence-electron chi connectivity index (χ2n) is 5.77. The molecule has 0 fully saturated rings. The third kappa shape index (κ3) is 3.04. The van der Waals surface area contributed by atoms with Crippen LogP contribution in [-0.2, 0) is 11.4 Å². The first-order valence-corrected chi connectivity index (χ1v) is 8.64. The average Bonchev–Trinajstić information content (AvgIpc) is 2.56. The van der Waals surface area contributed by atoms with Crippen molar-refractivity contribution in [1.82, 2.24) is 0 Å². The van der Waals surface area contributed by atoms with Crippen molar-refractivity contribution in [3.05, 3.63) is 41.5 Å². The number of thioether (sulfide) groups is 1. The summed E-state index contributed by atoms with van der Waals surface area (Å²) in [5, 5.41) is 49.9. The molecular formula is C17H19NO6S. The Hall–Kier alpha value is -2.29. The monoisotopic (exact) mass is 365 g/mol. The minimum Gasteiger partial charge on any atom is -0.508 e. The zero-order valence-electron chi connectivity index (χ0n) is 13.2. The fourth-order valence-corrected chi connectivity index (χ4v) is 4.02. The molecule has 0 aliphatic carbocycles. The lowest BCUT2D eigenvalue weighted by atomic mass is 9.93. The van der Waals surface area contributed by atoms with Gasteiger partial charge in [0.25, 0.3) is 0 Å². The number of ether oxygens (including phenoxy) is 1. The molecule has 0 saturated carbocycles. The molecule has 0 radical (unpaired) electrons. The van der Waals surface area contributed by atoms with E-state index in [2.05, 4.69) is 0 Å². The lowest BCUT2D eigenvalue weighted by molar-refractivity contribution is -0.00665. The summed E-state index contributed by atoms with van der Waals surface area (Å²) in [4.78, 5) is -1.31. The molecule has 0 bridgehead atoms. The predicted octanol–water partition coefficient (Wildman–Crippen LogP) is 1.35. The minimum absolute atomic E-state index is 0.0840. The SMILES string of the molecule is NCCSC1(c2ccc(O)c(O)c2)Oc2cc(O)cc(O)c2C[C@H]1O. The van der Waals surface area contributed by atoms with Crippen LogP contribution in [0, 0.1) is 0 Å². The van der Waals surface area contributed by atoms with E-state index >= 15 is 0 Å². The van der Waals surface area contributed by atoms with E-state index in [1.165, 1.54) is 42.1 Å². The molecule has 25 heavy (non-hydrogen) atoms. The molecule has 2 aromatic carbocycles. The van der Waals surface area contributed by atoms with Crippen LogP contribution in [0.25, 0.3) is 0 Å². The molecule has 0 saturated heterocycles. The Bertz CT molecular complexity index is 799. The number of aliphatic hydroxyl groups excluding tert-OH is 1. The number of phenols is 4. The van der Waals surface area contributed by atoms with Crippen molar-refractivity contribution in [1.29, 1.82) is 0 Å². The Morgan fingerprint density at radius 1 is 1.08 bits per heavy atom. The second-order valence-corrected chi connectivity index (χ2v) is 7.08. The Morgan fingerprint density at radius 2 is 1.84 bits per heavy atom. The van der Waals surface area contributed by atoms with Crippen LogP contribution in [0.15, 0.2) is 30.3 Å². The van der Waals surface area contributed by atoms with Crippen molar-refractivity contribution < 1.29 is 30.3 Å². The Labute approximate surface area is 148 Å². The number of aromatic hydroxyl groups is 4. The van der Waals surface area contributed by atoms with Crippen molar-refractivity contribution in [3.8, 4) is 28.7 Å². The summed E-state index contributed by atoms with van der Waals surface area (Å²) in [7, 11) is 0. The van der Waals surface area contributed by atoms with Gasteiger partial charge >= 0.3 is 0 Å². The van der Waals surface area contributed by atoms with Crippen LogP contribution in [0.1, 0.15) is 11.1 Å². The smallest absolute Gasteiger partial charge is 0.206 e. The molecule has 0 spiro atoms. The third-order valence-corrected chi connectivity index (χ3v) is 5.54. The van der Waals surface area contributed by atoms with E-state index in [-0.39, 0.29) is 35.2 Å². The normalized spacial score (nSPS) is 22.2. The molecule has 1 aliphatic heterocycles. The molecule has 0 amide bonds. The summed E-state index contributed by atoms with van der Waals surface area (Å²) < 4.78 is 6.02. The van der Waals surface area contributed by atoms with Crippen molar-refractivity contribution in [2.24, 2.45) is 5.73 Å². The quantitative estimate of drug-likeness (QED) is 0.447. The summed E-state index contributed by atoms with van der Waals surface area (Å²) in [6, 6.07) is 6.70. The highest BCUT2D eigenvalue weighted by atomic mass is 32.2. The van der Waals surface area contributed by atoms with Crippen molar-refractivity contribution >= 4 is 11.8 Å². The minimum atomic E-state index is -1.31. The van der Waals surface area contributed by atoms with Gasteiger partial charge in [-0.05, 0) is 12.1 Å².